The first kappa shape index (κ1) is 12.4. The Morgan fingerprint density at radius 3 is 2.53 bits per heavy atom. The smallest absolute Gasteiger partial charge is 0.123 e. The monoisotopic (exact) mass is 237 g/mol. The maximum Gasteiger partial charge on any atom is 0.123 e. The summed E-state index contributed by atoms with van der Waals surface area (Å²) in [5.41, 5.74) is 2.02. The van der Waals surface area contributed by atoms with Gasteiger partial charge in [0.1, 0.15) is 5.82 Å². The molecule has 1 aliphatic rings. The van der Waals surface area contributed by atoms with E-state index in [1.54, 1.807) is 13.2 Å². The summed E-state index contributed by atoms with van der Waals surface area (Å²) >= 11 is 0. The van der Waals surface area contributed by atoms with Crippen LogP contribution in [0.15, 0.2) is 18.2 Å². The second-order valence-corrected chi connectivity index (χ2v) is 4.81. The number of hydrogen-bond acceptors (Lipinski definition) is 2. The molecule has 0 atom stereocenters. The number of ether oxygens (including phenoxy) is 1. The Hall–Kier alpha value is -1.09. The summed E-state index contributed by atoms with van der Waals surface area (Å²) in [6.45, 7) is 1.94. The molecule has 94 valence electrons. The van der Waals surface area contributed by atoms with Crippen molar-refractivity contribution in [3.8, 4) is 0 Å². The van der Waals surface area contributed by atoms with Crippen LogP contribution in [-0.2, 0) is 4.74 Å². The van der Waals surface area contributed by atoms with E-state index in [2.05, 4.69) is 5.32 Å². The number of rotatable bonds is 3. The van der Waals surface area contributed by atoms with Crippen LogP contribution in [0.3, 0.4) is 0 Å². The minimum absolute atomic E-state index is 0.170. The van der Waals surface area contributed by atoms with Crippen molar-refractivity contribution in [1.29, 1.82) is 0 Å². The number of nitrogens with one attached hydrogen (secondary N) is 1. The van der Waals surface area contributed by atoms with E-state index < -0.39 is 0 Å². The minimum Gasteiger partial charge on any atom is -0.382 e. The summed E-state index contributed by atoms with van der Waals surface area (Å²) in [5, 5.41) is 3.50. The van der Waals surface area contributed by atoms with Gasteiger partial charge in [-0.3, -0.25) is 0 Å². The zero-order valence-corrected chi connectivity index (χ0v) is 10.5. The number of halogens is 1. The Balaban J connectivity index is 1.93. The third kappa shape index (κ3) is 3.19. The summed E-state index contributed by atoms with van der Waals surface area (Å²) in [6, 6.07) is 5.40. The molecule has 2 nitrogen and oxygen atoms in total. The molecule has 2 rings (SSSR count). The highest BCUT2D eigenvalue weighted by atomic mass is 19.1. The van der Waals surface area contributed by atoms with E-state index in [4.69, 9.17) is 4.74 Å². The van der Waals surface area contributed by atoms with E-state index in [9.17, 15) is 4.39 Å². The van der Waals surface area contributed by atoms with Crippen LogP contribution in [-0.4, -0.2) is 19.3 Å². The first-order chi connectivity index (χ1) is 8.19. The highest BCUT2D eigenvalue weighted by Crippen LogP contribution is 2.25. The first-order valence-electron chi connectivity index (χ1n) is 6.24. The second-order valence-electron chi connectivity index (χ2n) is 4.81. The van der Waals surface area contributed by atoms with Gasteiger partial charge in [-0.05, 0) is 56.4 Å². The van der Waals surface area contributed by atoms with E-state index in [1.807, 2.05) is 13.0 Å². The van der Waals surface area contributed by atoms with E-state index >= 15 is 0 Å². The number of benzene rings is 1. The van der Waals surface area contributed by atoms with Gasteiger partial charge in [0.25, 0.3) is 0 Å². The summed E-state index contributed by atoms with van der Waals surface area (Å²) in [6.07, 6.45) is 4.87. The lowest BCUT2D eigenvalue weighted by molar-refractivity contribution is 0.0682. The molecule has 0 unspecified atom stereocenters. The van der Waals surface area contributed by atoms with Crippen LogP contribution in [0.4, 0.5) is 10.1 Å². The van der Waals surface area contributed by atoms with Gasteiger partial charge in [0.2, 0.25) is 0 Å². The lowest BCUT2D eigenvalue weighted by Crippen LogP contribution is -2.29. The zero-order valence-electron chi connectivity index (χ0n) is 10.5. The van der Waals surface area contributed by atoms with Crippen molar-refractivity contribution in [3.05, 3.63) is 29.6 Å². The zero-order chi connectivity index (χ0) is 12.3. The van der Waals surface area contributed by atoms with Crippen molar-refractivity contribution < 1.29 is 9.13 Å². The number of hydrogen-bond donors (Lipinski definition) is 1. The van der Waals surface area contributed by atoms with Crippen LogP contribution in [0.2, 0.25) is 0 Å². The fourth-order valence-electron chi connectivity index (χ4n) is 2.45. The van der Waals surface area contributed by atoms with Gasteiger partial charge in [0.15, 0.2) is 0 Å². The lowest BCUT2D eigenvalue weighted by atomic mass is 9.92. The van der Waals surface area contributed by atoms with Crippen molar-refractivity contribution in [2.75, 3.05) is 12.4 Å². The Morgan fingerprint density at radius 2 is 1.94 bits per heavy atom. The van der Waals surface area contributed by atoms with Crippen LogP contribution in [0.1, 0.15) is 31.2 Å². The average molecular weight is 237 g/mol. The Morgan fingerprint density at radius 1 is 1.24 bits per heavy atom. The van der Waals surface area contributed by atoms with Crippen LogP contribution >= 0.6 is 0 Å². The maximum atomic E-state index is 13.0. The molecule has 1 aromatic rings. The van der Waals surface area contributed by atoms with Gasteiger partial charge in [-0.1, -0.05) is 0 Å². The summed E-state index contributed by atoms with van der Waals surface area (Å²) in [5.74, 6) is -0.170. The van der Waals surface area contributed by atoms with Gasteiger partial charge < -0.3 is 10.1 Å². The van der Waals surface area contributed by atoms with E-state index in [0.29, 0.717) is 12.1 Å². The van der Waals surface area contributed by atoms with E-state index in [0.717, 1.165) is 36.9 Å². The van der Waals surface area contributed by atoms with E-state index in [-0.39, 0.29) is 5.82 Å². The van der Waals surface area contributed by atoms with Crippen molar-refractivity contribution in [2.45, 2.75) is 44.8 Å². The quantitative estimate of drug-likeness (QED) is 0.868. The second kappa shape index (κ2) is 5.50. The van der Waals surface area contributed by atoms with Crippen molar-refractivity contribution in [3.63, 3.8) is 0 Å². The van der Waals surface area contributed by atoms with Crippen LogP contribution in [0, 0.1) is 12.7 Å². The average Bonchev–Trinajstić information content (AvgIpc) is 2.34. The normalized spacial score (nSPS) is 24.6. The van der Waals surface area contributed by atoms with Crippen LogP contribution in [0.25, 0.3) is 0 Å². The number of anilines is 1. The van der Waals surface area contributed by atoms with Gasteiger partial charge >= 0.3 is 0 Å². The van der Waals surface area contributed by atoms with Crippen molar-refractivity contribution in [1.82, 2.24) is 0 Å². The highest BCUT2D eigenvalue weighted by molar-refractivity contribution is 5.51. The van der Waals surface area contributed by atoms with Crippen LogP contribution < -0.4 is 5.32 Å². The van der Waals surface area contributed by atoms with Gasteiger partial charge in [-0.25, -0.2) is 4.39 Å². The molecular formula is C14H20FNO. The molecule has 1 aliphatic carbocycles. The first-order valence-corrected chi connectivity index (χ1v) is 6.24. The maximum absolute atomic E-state index is 13.0. The molecular weight excluding hydrogens is 217 g/mol. The molecule has 0 bridgehead atoms. The summed E-state index contributed by atoms with van der Waals surface area (Å²) in [4.78, 5) is 0. The third-order valence-corrected chi connectivity index (χ3v) is 3.56. The highest BCUT2D eigenvalue weighted by Gasteiger charge is 2.20. The molecule has 0 heterocycles. The molecule has 3 heteroatoms. The van der Waals surface area contributed by atoms with Gasteiger partial charge in [-0.2, -0.15) is 0 Å². The topological polar surface area (TPSA) is 21.3 Å². The van der Waals surface area contributed by atoms with Gasteiger partial charge in [0, 0.05) is 18.8 Å². The van der Waals surface area contributed by atoms with E-state index in [1.165, 1.54) is 6.07 Å². The predicted octanol–water partition coefficient (Wildman–Crippen LogP) is 3.50. The molecule has 0 aliphatic heterocycles. The molecule has 1 saturated carbocycles. The SMILES string of the molecule is COC1CCC(Nc2ccc(F)cc2C)CC1. The minimum atomic E-state index is -0.170. The standard InChI is InChI=1S/C14H20FNO/c1-10-9-11(15)3-8-14(10)16-12-4-6-13(17-2)7-5-12/h3,8-9,12-13,16H,4-7H2,1-2H3. The molecule has 1 N–H and O–H groups in total. The Kier molecular flexibility index (Phi) is 4.00. The Labute approximate surface area is 102 Å². The molecule has 0 amide bonds. The lowest BCUT2D eigenvalue weighted by Gasteiger charge is -2.29. The predicted molar refractivity (Wildman–Crippen MR) is 67.8 cm³/mol. The molecule has 0 radical (unpaired) electrons. The molecule has 0 spiro atoms. The summed E-state index contributed by atoms with van der Waals surface area (Å²) in [7, 11) is 1.78. The summed E-state index contributed by atoms with van der Waals surface area (Å²) < 4.78 is 18.3. The molecule has 17 heavy (non-hydrogen) atoms. The molecule has 0 saturated heterocycles. The molecule has 0 aromatic heterocycles. The van der Waals surface area contributed by atoms with Crippen molar-refractivity contribution >= 4 is 5.69 Å². The number of aryl methyl sites for hydroxylation is 1. The molecule has 1 aromatic carbocycles. The molecule has 1 fully saturated rings. The fraction of sp³-hybridized carbons (Fsp3) is 0.571. The van der Waals surface area contributed by atoms with Crippen molar-refractivity contribution in [2.24, 2.45) is 0 Å². The Bertz CT molecular complexity index is 372. The van der Waals surface area contributed by atoms with Gasteiger partial charge in [-0.15, -0.1) is 0 Å². The fourth-order valence-corrected chi connectivity index (χ4v) is 2.45. The number of methoxy groups -OCH3 is 1. The third-order valence-electron chi connectivity index (χ3n) is 3.56. The van der Waals surface area contributed by atoms with Crippen LogP contribution in [0.5, 0.6) is 0 Å². The largest absolute Gasteiger partial charge is 0.382 e. The van der Waals surface area contributed by atoms with Gasteiger partial charge in [0.05, 0.1) is 6.10 Å².